The van der Waals surface area contributed by atoms with Gasteiger partial charge in [0.2, 0.25) is 17.5 Å². The number of carbonyl (C=O) groups is 4. The van der Waals surface area contributed by atoms with Gasteiger partial charge < -0.3 is 24.8 Å². The number of hydrogen-bond donors (Lipinski definition) is 2. The Balaban J connectivity index is 2.53. The fourth-order valence-electron chi connectivity index (χ4n) is 2.43. The maximum atomic E-state index is 12.3. The van der Waals surface area contributed by atoms with Crippen molar-refractivity contribution in [2.75, 3.05) is 20.8 Å². The second-order valence-corrected chi connectivity index (χ2v) is 7.18. The lowest BCUT2D eigenvalue weighted by Gasteiger charge is -2.21. The minimum atomic E-state index is -0.787. The first-order valence-corrected chi connectivity index (χ1v) is 8.89. The summed E-state index contributed by atoms with van der Waals surface area (Å²) >= 11 is 0. The average Bonchev–Trinajstić information content (AvgIpc) is 2.58. The summed E-state index contributed by atoms with van der Waals surface area (Å²) in [6, 6.07) is -0.787. The van der Waals surface area contributed by atoms with E-state index in [4.69, 9.17) is 14.2 Å². The maximum absolute atomic E-state index is 12.3. The van der Waals surface area contributed by atoms with E-state index in [2.05, 4.69) is 10.6 Å². The van der Waals surface area contributed by atoms with Gasteiger partial charge in [0, 0.05) is 18.2 Å². The Bertz CT molecular complexity index is 702. The summed E-state index contributed by atoms with van der Waals surface area (Å²) in [7, 11) is 2.63. The van der Waals surface area contributed by atoms with E-state index in [0.29, 0.717) is 6.42 Å². The third-order valence-corrected chi connectivity index (χ3v) is 3.71. The Hall–Kier alpha value is -2.84. The number of ether oxygens (including phenoxy) is 3. The van der Waals surface area contributed by atoms with Crippen molar-refractivity contribution in [3.63, 3.8) is 0 Å². The minimum Gasteiger partial charge on any atom is -0.493 e. The Morgan fingerprint density at radius 3 is 2.32 bits per heavy atom. The molecule has 0 unspecified atom stereocenters. The zero-order valence-corrected chi connectivity index (χ0v) is 17.1. The van der Waals surface area contributed by atoms with E-state index in [1.807, 2.05) is 0 Å². The van der Waals surface area contributed by atoms with Crippen LogP contribution < -0.4 is 10.6 Å². The Morgan fingerprint density at radius 2 is 1.79 bits per heavy atom. The molecule has 0 bridgehead atoms. The highest BCUT2D eigenvalue weighted by Crippen LogP contribution is 2.23. The van der Waals surface area contributed by atoms with Crippen molar-refractivity contribution in [2.24, 2.45) is 0 Å². The molecule has 1 aliphatic rings. The van der Waals surface area contributed by atoms with Gasteiger partial charge in [-0.25, -0.2) is 4.79 Å². The molecule has 0 radical (unpaired) electrons. The minimum absolute atomic E-state index is 0.0166. The number of amides is 2. The molecule has 2 N–H and O–H groups in total. The third kappa shape index (κ3) is 6.71. The first-order chi connectivity index (χ1) is 13.0. The van der Waals surface area contributed by atoms with E-state index >= 15 is 0 Å². The van der Waals surface area contributed by atoms with Gasteiger partial charge in [0.05, 0.1) is 14.2 Å². The number of rotatable bonds is 8. The number of carbonyl (C=O) groups excluding carboxylic acids is 4. The molecule has 9 heteroatoms. The highest BCUT2D eigenvalue weighted by molar-refractivity contribution is 6.21. The van der Waals surface area contributed by atoms with Gasteiger partial charge >= 0.3 is 6.09 Å². The number of hydrogen-bond acceptors (Lipinski definition) is 7. The SMILES string of the molecule is COC1=CC(=O)C(OC)=C(CCCNC(=O)[C@H](C)NC(=O)OC(C)(C)C)C1=O. The summed E-state index contributed by atoms with van der Waals surface area (Å²) in [4.78, 5) is 48.0. The molecule has 0 saturated carbocycles. The number of Topliss-reactive ketones (excluding diaryl/α,β-unsaturated/α-hetero) is 1. The molecule has 0 fully saturated rings. The van der Waals surface area contributed by atoms with Gasteiger partial charge in [-0.3, -0.25) is 14.4 Å². The maximum Gasteiger partial charge on any atom is 0.408 e. The lowest BCUT2D eigenvalue weighted by molar-refractivity contribution is -0.122. The van der Waals surface area contributed by atoms with Crippen LogP contribution in [0.3, 0.4) is 0 Å². The number of alkyl carbamates (subject to hydrolysis) is 1. The second-order valence-electron chi connectivity index (χ2n) is 7.18. The van der Waals surface area contributed by atoms with Gasteiger partial charge in [0.15, 0.2) is 11.5 Å². The molecule has 0 heterocycles. The quantitative estimate of drug-likeness (QED) is 0.470. The van der Waals surface area contributed by atoms with Crippen LogP contribution in [0, 0.1) is 0 Å². The van der Waals surface area contributed by atoms with Gasteiger partial charge in [-0.05, 0) is 40.5 Å². The summed E-state index contributed by atoms with van der Waals surface area (Å²) in [5.74, 6) is -1.30. The fourth-order valence-corrected chi connectivity index (χ4v) is 2.43. The van der Waals surface area contributed by atoms with Crippen LogP contribution in [0.5, 0.6) is 0 Å². The summed E-state index contributed by atoms with van der Waals surface area (Å²) < 4.78 is 15.1. The summed E-state index contributed by atoms with van der Waals surface area (Å²) in [5.41, 5.74) is -0.451. The van der Waals surface area contributed by atoms with Crippen LogP contribution in [0.4, 0.5) is 4.79 Å². The van der Waals surface area contributed by atoms with Crippen molar-refractivity contribution >= 4 is 23.6 Å². The Kier molecular flexibility index (Phi) is 8.21. The van der Waals surface area contributed by atoms with Crippen LogP contribution in [-0.4, -0.2) is 56.0 Å². The molecule has 1 atom stereocenters. The summed E-state index contributed by atoms with van der Waals surface area (Å²) in [6.45, 7) is 6.95. The van der Waals surface area contributed by atoms with Crippen molar-refractivity contribution in [1.29, 1.82) is 0 Å². The molecule has 0 aromatic carbocycles. The van der Waals surface area contributed by atoms with Gasteiger partial charge in [0.1, 0.15) is 11.6 Å². The Labute approximate surface area is 164 Å². The van der Waals surface area contributed by atoms with Gasteiger partial charge in [0.25, 0.3) is 0 Å². The Morgan fingerprint density at radius 1 is 1.14 bits per heavy atom. The van der Waals surface area contributed by atoms with E-state index in [-0.39, 0.29) is 30.1 Å². The number of methoxy groups -OCH3 is 2. The van der Waals surface area contributed by atoms with Crippen LogP contribution in [0.1, 0.15) is 40.5 Å². The van der Waals surface area contributed by atoms with Gasteiger partial charge in [-0.2, -0.15) is 0 Å². The fraction of sp³-hybridized carbons (Fsp3) is 0.579. The average molecular weight is 396 g/mol. The largest absolute Gasteiger partial charge is 0.493 e. The third-order valence-electron chi connectivity index (χ3n) is 3.71. The summed E-state index contributed by atoms with van der Waals surface area (Å²) in [6.07, 6.45) is 1.03. The van der Waals surface area contributed by atoms with E-state index < -0.39 is 35.2 Å². The van der Waals surface area contributed by atoms with Crippen LogP contribution >= 0.6 is 0 Å². The van der Waals surface area contributed by atoms with Crippen LogP contribution in [0.15, 0.2) is 23.2 Å². The highest BCUT2D eigenvalue weighted by atomic mass is 16.6. The molecule has 0 aliphatic heterocycles. The molecule has 0 saturated heterocycles. The van der Waals surface area contributed by atoms with Gasteiger partial charge in [-0.1, -0.05) is 0 Å². The lowest BCUT2D eigenvalue weighted by atomic mass is 9.96. The molecule has 0 aromatic rings. The smallest absolute Gasteiger partial charge is 0.408 e. The predicted molar refractivity (Wildman–Crippen MR) is 100 cm³/mol. The van der Waals surface area contributed by atoms with E-state index in [9.17, 15) is 19.2 Å². The normalized spacial score (nSPS) is 15.6. The van der Waals surface area contributed by atoms with Crippen LogP contribution in [0.2, 0.25) is 0 Å². The van der Waals surface area contributed by atoms with Crippen molar-refractivity contribution in [3.05, 3.63) is 23.2 Å². The van der Waals surface area contributed by atoms with Crippen LogP contribution in [0.25, 0.3) is 0 Å². The predicted octanol–water partition coefficient (Wildman–Crippen LogP) is 1.38. The topological polar surface area (TPSA) is 120 Å². The zero-order valence-electron chi connectivity index (χ0n) is 17.1. The lowest BCUT2D eigenvalue weighted by Crippen LogP contribution is -2.46. The highest BCUT2D eigenvalue weighted by Gasteiger charge is 2.30. The molecule has 9 nitrogen and oxygen atoms in total. The molecule has 1 rings (SSSR count). The summed E-state index contributed by atoms with van der Waals surface area (Å²) in [5, 5.41) is 5.10. The van der Waals surface area contributed by atoms with Crippen molar-refractivity contribution in [2.45, 2.75) is 52.2 Å². The van der Waals surface area contributed by atoms with E-state index in [1.54, 1.807) is 20.8 Å². The van der Waals surface area contributed by atoms with E-state index in [1.165, 1.54) is 21.1 Å². The number of ketones is 2. The number of nitrogens with one attached hydrogen (secondary N) is 2. The second kappa shape index (κ2) is 9.91. The molecule has 0 spiro atoms. The monoisotopic (exact) mass is 396 g/mol. The molecule has 156 valence electrons. The first-order valence-electron chi connectivity index (χ1n) is 8.89. The van der Waals surface area contributed by atoms with Crippen molar-refractivity contribution in [1.82, 2.24) is 10.6 Å². The van der Waals surface area contributed by atoms with Gasteiger partial charge in [-0.15, -0.1) is 0 Å². The molecule has 0 aromatic heterocycles. The standard InChI is InChI=1S/C19H28N2O7/c1-11(21-18(25)28-19(2,3)4)17(24)20-9-7-8-12-15(23)14(26-5)10-13(22)16(12)27-6/h10-11H,7-9H2,1-6H3,(H,20,24)(H,21,25)/t11-/m0/s1. The number of allylic oxidation sites excluding steroid dienone is 2. The zero-order chi connectivity index (χ0) is 21.5. The molecular formula is C19H28N2O7. The first kappa shape index (κ1) is 23.2. The molecule has 2 amide bonds. The van der Waals surface area contributed by atoms with E-state index in [0.717, 1.165) is 6.08 Å². The van der Waals surface area contributed by atoms with Crippen LogP contribution in [-0.2, 0) is 28.6 Å². The molecule has 1 aliphatic carbocycles. The molecule has 28 heavy (non-hydrogen) atoms. The van der Waals surface area contributed by atoms with Crippen molar-refractivity contribution < 1.29 is 33.4 Å². The molecular weight excluding hydrogens is 368 g/mol. The van der Waals surface area contributed by atoms with Crippen molar-refractivity contribution in [3.8, 4) is 0 Å².